The van der Waals surface area contributed by atoms with E-state index in [1.165, 1.54) is 0 Å². The summed E-state index contributed by atoms with van der Waals surface area (Å²) in [5, 5.41) is 11.0. The van der Waals surface area contributed by atoms with E-state index in [-0.39, 0.29) is 12.4 Å². The minimum absolute atomic E-state index is 0.126. The summed E-state index contributed by atoms with van der Waals surface area (Å²) in [6.07, 6.45) is 0. The third-order valence-corrected chi connectivity index (χ3v) is 5.37. The van der Waals surface area contributed by atoms with E-state index in [1.807, 2.05) is 59.2 Å². The van der Waals surface area contributed by atoms with Crippen molar-refractivity contribution in [3.8, 4) is 28.4 Å². The van der Waals surface area contributed by atoms with Gasteiger partial charge in [0.25, 0.3) is 0 Å². The van der Waals surface area contributed by atoms with Crippen molar-refractivity contribution in [3.05, 3.63) is 78.0 Å². The second-order valence-electron chi connectivity index (χ2n) is 7.31. The second-order valence-corrected chi connectivity index (χ2v) is 7.31. The van der Waals surface area contributed by atoms with Crippen LogP contribution in [0.25, 0.3) is 22.0 Å². The highest BCUT2D eigenvalue weighted by molar-refractivity contribution is 6.09. The van der Waals surface area contributed by atoms with Gasteiger partial charge in [0, 0.05) is 23.0 Å². The Hall–Kier alpha value is -3.93. The van der Waals surface area contributed by atoms with Crippen LogP contribution in [0.15, 0.2) is 66.7 Å². The van der Waals surface area contributed by atoms with Crippen LogP contribution in [-0.2, 0) is 11.3 Å². The highest BCUT2D eigenvalue weighted by Gasteiger charge is 2.25. The van der Waals surface area contributed by atoms with E-state index >= 15 is 0 Å². The number of benzene rings is 3. The summed E-state index contributed by atoms with van der Waals surface area (Å²) in [7, 11) is 3.23. The van der Waals surface area contributed by atoms with Gasteiger partial charge in [-0.1, -0.05) is 24.3 Å². The van der Waals surface area contributed by atoms with Crippen LogP contribution >= 0.6 is 0 Å². The van der Waals surface area contributed by atoms with Gasteiger partial charge in [0.1, 0.15) is 22.9 Å². The molecule has 4 rings (SSSR count). The number of carbonyl (C=O) groups excluding carboxylic acids is 1. The van der Waals surface area contributed by atoms with E-state index in [0.717, 1.165) is 33.5 Å². The Labute approximate surface area is 186 Å². The summed E-state index contributed by atoms with van der Waals surface area (Å²) >= 11 is 0. The number of hydrogen-bond acceptors (Lipinski definition) is 5. The number of ether oxygens (including phenoxy) is 3. The number of phenols is 1. The number of nitrogens with zero attached hydrogens (tertiary/aromatic N) is 1. The third kappa shape index (κ3) is 3.99. The lowest BCUT2D eigenvalue weighted by atomic mass is 10.0. The molecule has 0 saturated heterocycles. The normalized spacial score (nSPS) is 10.8. The van der Waals surface area contributed by atoms with Gasteiger partial charge in [-0.05, 0) is 60.5 Å². The quantitative estimate of drug-likeness (QED) is 0.405. The maximum atomic E-state index is 13.2. The molecule has 0 spiro atoms. The molecule has 4 aromatic rings. The molecule has 1 N–H and O–H groups in total. The van der Waals surface area contributed by atoms with Crippen molar-refractivity contribution in [2.75, 3.05) is 20.8 Å². The van der Waals surface area contributed by atoms with Gasteiger partial charge in [-0.15, -0.1) is 0 Å². The average Bonchev–Trinajstić information content (AvgIpc) is 3.12. The molecule has 6 nitrogen and oxygen atoms in total. The number of fused-ring (bicyclic) bond motifs is 1. The van der Waals surface area contributed by atoms with Crippen molar-refractivity contribution < 1.29 is 24.1 Å². The number of rotatable bonds is 7. The Balaban J connectivity index is 1.98. The fraction of sp³-hybridized carbons (Fsp3) is 0.192. The Bertz CT molecular complexity index is 1260. The molecular weight excluding hydrogens is 406 g/mol. The standard InChI is InChI=1S/C26H25NO5/c1-4-32-26(29)25-24(18-8-11-20(30-2)12-9-18)22-15-19(28)10-13-23(22)27(25)16-17-6-5-7-21(14-17)31-3/h5-15,28H,4,16H2,1-3H3. The number of phenolic OH excluding ortho intramolecular Hbond substituents is 1. The number of aromatic nitrogens is 1. The van der Waals surface area contributed by atoms with E-state index in [4.69, 9.17) is 14.2 Å². The van der Waals surface area contributed by atoms with E-state index in [2.05, 4.69) is 0 Å². The Morgan fingerprint density at radius 2 is 1.69 bits per heavy atom. The number of methoxy groups -OCH3 is 2. The monoisotopic (exact) mass is 431 g/mol. The molecule has 0 aliphatic rings. The molecule has 0 saturated carbocycles. The number of esters is 1. The van der Waals surface area contributed by atoms with Gasteiger partial charge in [-0.25, -0.2) is 4.79 Å². The van der Waals surface area contributed by atoms with Gasteiger partial charge in [-0.2, -0.15) is 0 Å². The van der Waals surface area contributed by atoms with Gasteiger partial charge in [0.05, 0.1) is 20.8 Å². The Morgan fingerprint density at radius 1 is 0.938 bits per heavy atom. The first-order valence-corrected chi connectivity index (χ1v) is 10.4. The van der Waals surface area contributed by atoms with Crippen molar-refractivity contribution in [1.82, 2.24) is 4.57 Å². The zero-order valence-electron chi connectivity index (χ0n) is 18.3. The van der Waals surface area contributed by atoms with Crippen molar-refractivity contribution in [3.63, 3.8) is 0 Å². The molecule has 0 aliphatic heterocycles. The van der Waals surface area contributed by atoms with Crippen LogP contribution in [0.2, 0.25) is 0 Å². The maximum Gasteiger partial charge on any atom is 0.355 e. The summed E-state index contributed by atoms with van der Waals surface area (Å²) in [5.74, 6) is 1.16. The molecule has 6 heteroatoms. The van der Waals surface area contributed by atoms with Crippen molar-refractivity contribution in [2.24, 2.45) is 0 Å². The van der Waals surface area contributed by atoms with Crippen LogP contribution in [-0.4, -0.2) is 36.5 Å². The van der Waals surface area contributed by atoms with E-state index in [9.17, 15) is 9.90 Å². The van der Waals surface area contributed by atoms with Crippen LogP contribution in [0.3, 0.4) is 0 Å². The van der Waals surface area contributed by atoms with Crippen molar-refractivity contribution in [2.45, 2.75) is 13.5 Å². The predicted molar refractivity (Wildman–Crippen MR) is 124 cm³/mol. The first kappa shape index (κ1) is 21.3. The second kappa shape index (κ2) is 9.06. The first-order chi connectivity index (χ1) is 15.5. The van der Waals surface area contributed by atoms with E-state index in [0.29, 0.717) is 17.8 Å². The van der Waals surface area contributed by atoms with Gasteiger partial charge in [-0.3, -0.25) is 0 Å². The lowest BCUT2D eigenvalue weighted by Gasteiger charge is -2.13. The summed E-state index contributed by atoms with van der Waals surface area (Å²) in [5.41, 5.74) is 3.76. The maximum absolute atomic E-state index is 13.2. The van der Waals surface area contributed by atoms with Crippen LogP contribution in [0.5, 0.6) is 17.2 Å². The van der Waals surface area contributed by atoms with Crippen molar-refractivity contribution in [1.29, 1.82) is 0 Å². The molecule has 0 fully saturated rings. The minimum Gasteiger partial charge on any atom is -0.508 e. The Morgan fingerprint density at radius 3 is 2.38 bits per heavy atom. The predicted octanol–water partition coefficient (Wildman–Crippen LogP) is 5.26. The fourth-order valence-corrected chi connectivity index (χ4v) is 3.92. The minimum atomic E-state index is -0.420. The molecule has 164 valence electrons. The molecule has 0 radical (unpaired) electrons. The molecule has 0 bridgehead atoms. The molecule has 0 aliphatic carbocycles. The van der Waals surface area contributed by atoms with Gasteiger partial charge in [0.2, 0.25) is 0 Å². The molecular formula is C26H25NO5. The van der Waals surface area contributed by atoms with Crippen LogP contribution < -0.4 is 9.47 Å². The number of aromatic hydroxyl groups is 1. The summed E-state index contributed by atoms with van der Waals surface area (Å²) in [4.78, 5) is 13.2. The molecule has 0 atom stereocenters. The van der Waals surface area contributed by atoms with Crippen molar-refractivity contribution >= 4 is 16.9 Å². The molecule has 1 heterocycles. The summed E-state index contributed by atoms with van der Waals surface area (Å²) in [6, 6.07) is 20.3. The van der Waals surface area contributed by atoms with Gasteiger partial charge < -0.3 is 23.9 Å². The smallest absolute Gasteiger partial charge is 0.355 e. The van der Waals surface area contributed by atoms with Crippen LogP contribution in [0, 0.1) is 0 Å². The molecule has 1 aromatic heterocycles. The topological polar surface area (TPSA) is 69.9 Å². The lowest BCUT2D eigenvalue weighted by molar-refractivity contribution is 0.0516. The zero-order chi connectivity index (χ0) is 22.7. The highest BCUT2D eigenvalue weighted by atomic mass is 16.5. The van der Waals surface area contributed by atoms with Gasteiger partial charge in [0.15, 0.2) is 0 Å². The molecule has 32 heavy (non-hydrogen) atoms. The molecule has 3 aromatic carbocycles. The largest absolute Gasteiger partial charge is 0.508 e. The third-order valence-electron chi connectivity index (χ3n) is 5.37. The zero-order valence-corrected chi connectivity index (χ0v) is 18.3. The first-order valence-electron chi connectivity index (χ1n) is 10.4. The van der Waals surface area contributed by atoms with Crippen LogP contribution in [0.1, 0.15) is 23.0 Å². The highest BCUT2D eigenvalue weighted by Crippen LogP contribution is 2.38. The van der Waals surface area contributed by atoms with E-state index in [1.54, 1.807) is 33.3 Å². The SMILES string of the molecule is CCOC(=O)c1c(-c2ccc(OC)cc2)c2cc(O)ccc2n1Cc1cccc(OC)c1. The summed E-state index contributed by atoms with van der Waals surface area (Å²) < 4.78 is 18.0. The van der Waals surface area contributed by atoms with E-state index < -0.39 is 5.97 Å². The Kier molecular flexibility index (Phi) is 6.03. The lowest BCUT2D eigenvalue weighted by Crippen LogP contribution is -2.14. The fourth-order valence-electron chi connectivity index (χ4n) is 3.92. The molecule has 0 unspecified atom stereocenters. The van der Waals surface area contributed by atoms with Gasteiger partial charge >= 0.3 is 5.97 Å². The number of hydrogen-bond donors (Lipinski definition) is 1. The molecule has 0 amide bonds. The number of carbonyl (C=O) groups is 1. The summed E-state index contributed by atoms with van der Waals surface area (Å²) in [6.45, 7) is 2.47. The van der Waals surface area contributed by atoms with Crippen LogP contribution in [0.4, 0.5) is 0 Å². The average molecular weight is 431 g/mol.